The second-order valence-electron chi connectivity index (χ2n) is 5.76. The lowest BCUT2D eigenvalue weighted by Gasteiger charge is -2.09. The molecule has 0 radical (unpaired) electrons. The van der Waals surface area contributed by atoms with Crippen molar-refractivity contribution in [1.82, 2.24) is 10.3 Å². The molecule has 0 atom stereocenters. The summed E-state index contributed by atoms with van der Waals surface area (Å²) in [6.07, 6.45) is 0.525. The van der Waals surface area contributed by atoms with Crippen LogP contribution in [0.15, 0.2) is 48.5 Å². The minimum atomic E-state index is -3.39. The van der Waals surface area contributed by atoms with Gasteiger partial charge in [-0.2, -0.15) is 0 Å². The number of hydrogen-bond donors (Lipinski definition) is 2. The van der Waals surface area contributed by atoms with Crippen LogP contribution in [0.2, 0.25) is 0 Å². The van der Waals surface area contributed by atoms with Crippen molar-refractivity contribution in [1.29, 1.82) is 0 Å². The van der Waals surface area contributed by atoms with Crippen LogP contribution >= 0.6 is 11.3 Å². The number of sulfonamides is 1. The van der Waals surface area contributed by atoms with E-state index < -0.39 is 10.0 Å². The molecule has 0 unspecified atom stereocenters. The van der Waals surface area contributed by atoms with Gasteiger partial charge in [0, 0.05) is 11.3 Å². The normalized spacial score (nSPS) is 11.4. The third-order valence-corrected chi connectivity index (χ3v) is 6.14. The molecule has 2 N–H and O–H groups in total. The van der Waals surface area contributed by atoms with E-state index in [1.54, 1.807) is 25.1 Å². The molecule has 1 heterocycles. The smallest absolute Gasteiger partial charge is 0.251 e. The molecule has 0 aliphatic heterocycles. The van der Waals surface area contributed by atoms with Gasteiger partial charge in [0.2, 0.25) is 10.0 Å². The van der Waals surface area contributed by atoms with Gasteiger partial charge in [-0.3, -0.25) is 9.52 Å². The SMILES string of the molecule is CCCS(=O)(=O)Nc1cccc(C(=O)NCc2nc3ccccc3s2)c1. The van der Waals surface area contributed by atoms with Gasteiger partial charge in [0.25, 0.3) is 5.91 Å². The predicted molar refractivity (Wildman–Crippen MR) is 105 cm³/mol. The first-order valence-corrected chi connectivity index (χ1v) is 10.7. The van der Waals surface area contributed by atoms with Crippen molar-refractivity contribution in [3.8, 4) is 0 Å². The molecular formula is C18H19N3O3S2. The van der Waals surface area contributed by atoms with E-state index in [2.05, 4.69) is 15.0 Å². The molecular weight excluding hydrogens is 370 g/mol. The quantitative estimate of drug-likeness (QED) is 0.648. The Hall–Kier alpha value is -2.45. The van der Waals surface area contributed by atoms with Crippen LogP contribution in [0.5, 0.6) is 0 Å². The fourth-order valence-electron chi connectivity index (χ4n) is 2.48. The van der Waals surface area contributed by atoms with E-state index in [-0.39, 0.29) is 11.7 Å². The molecule has 2 aromatic carbocycles. The number of nitrogens with zero attached hydrogens (tertiary/aromatic N) is 1. The summed E-state index contributed by atoms with van der Waals surface area (Å²) >= 11 is 1.53. The van der Waals surface area contributed by atoms with Gasteiger partial charge in [-0.25, -0.2) is 13.4 Å². The Labute approximate surface area is 156 Å². The van der Waals surface area contributed by atoms with Crippen LogP contribution in [0, 0.1) is 0 Å². The first-order chi connectivity index (χ1) is 12.5. The van der Waals surface area contributed by atoms with Gasteiger partial charge in [0.05, 0.1) is 22.5 Å². The summed E-state index contributed by atoms with van der Waals surface area (Å²) in [5.41, 5.74) is 1.68. The fourth-order valence-corrected chi connectivity index (χ4v) is 4.51. The Morgan fingerprint density at radius 2 is 1.96 bits per heavy atom. The fraction of sp³-hybridized carbons (Fsp3) is 0.222. The molecule has 6 nitrogen and oxygen atoms in total. The Balaban J connectivity index is 1.67. The average molecular weight is 390 g/mol. The molecule has 1 aromatic heterocycles. The molecule has 1 amide bonds. The van der Waals surface area contributed by atoms with Crippen molar-refractivity contribution in [2.45, 2.75) is 19.9 Å². The van der Waals surface area contributed by atoms with Crippen molar-refractivity contribution in [2.75, 3.05) is 10.5 Å². The second kappa shape index (κ2) is 7.84. The number of hydrogen-bond acceptors (Lipinski definition) is 5. The van der Waals surface area contributed by atoms with Crippen molar-refractivity contribution >= 4 is 43.2 Å². The third kappa shape index (κ3) is 4.59. The first kappa shape index (κ1) is 18.3. The van der Waals surface area contributed by atoms with E-state index in [9.17, 15) is 13.2 Å². The van der Waals surface area contributed by atoms with E-state index in [0.29, 0.717) is 24.2 Å². The standard InChI is InChI=1S/C18H19N3O3S2/c1-2-10-26(23,24)21-14-7-5-6-13(11-14)18(22)19-12-17-20-15-8-3-4-9-16(15)25-17/h3-9,11,21H,2,10,12H2,1H3,(H,19,22). The monoisotopic (exact) mass is 389 g/mol. The lowest BCUT2D eigenvalue weighted by molar-refractivity contribution is 0.0951. The highest BCUT2D eigenvalue weighted by molar-refractivity contribution is 7.92. The number of rotatable bonds is 7. The van der Waals surface area contributed by atoms with Crippen LogP contribution in [0.1, 0.15) is 28.7 Å². The van der Waals surface area contributed by atoms with Gasteiger partial charge in [0.15, 0.2) is 0 Å². The van der Waals surface area contributed by atoms with Crippen LogP contribution < -0.4 is 10.0 Å². The van der Waals surface area contributed by atoms with Gasteiger partial charge in [0.1, 0.15) is 5.01 Å². The molecule has 0 fully saturated rings. The summed E-state index contributed by atoms with van der Waals surface area (Å²) in [5, 5.41) is 3.64. The molecule has 8 heteroatoms. The number of carbonyl (C=O) groups excluding carboxylic acids is 1. The summed E-state index contributed by atoms with van der Waals surface area (Å²) in [6, 6.07) is 14.2. The molecule has 0 saturated carbocycles. The molecule has 0 aliphatic rings. The number of carbonyl (C=O) groups is 1. The topological polar surface area (TPSA) is 88.2 Å². The molecule has 0 saturated heterocycles. The summed E-state index contributed by atoms with van der Waals surface area (Å²) in [7, 11) is -3.39. The number of thiazole rings is 1. The number of para-hydroxylation sites is 1. The number of fused-ring (bicyclic) bond motifs is 1. The maximum Gasteiger partial charge on any atom is 0.251 e. The summed E-state index contributed by atoms with van der Waals surface area (Å²) in [6.45, 7) is 2.12. The zero-order valence-electron chi connectivity index (χ0n) is 14.2. The van der Waals surface area contributed by atoms with Gasteiger partial charge in [-0.1, -0.05) is 25.1 Å². The van der Waals surface area contributed by atoms with Crippen LogP contribution in [0.25, 0.3) is 10.2 Å². The van der Waals surface area contributed by atoms with Gasteiger partial charge in [-0.05, 0) is 36.8 Å². The highest BCUT2D eigenvalue weighted by Crippen LogP contribution is 2.21. The minimum Gasteiger partial charge on any atom is -0.346 e. The van der Waals surface area contributed by atoms with Gasteiger partial charge >= 0.3 is 0 Å². The lowest BCUT2D eigenvalue weighted by Crippen LogP contribution is -2.23. The van der Waals surface area contributed by atoms with E-state index >= 15 is 0 Å². The molecule has 0 bridgehead atoms. The average Bonchev–Trinajstić information content (AvgIpc) is 3.02. The molecule has 3 aromatic rings. The second-order valence-corrected chi connectivity index (χ2v) is 8.72. The first-order valence-electron chi connectivity index (χ1n) is 8.20. The van der Waals surface area contributed by atoms with Crippen molar-refractivity contribution in [2.24, 2.45) is 0 Å². The van der Waals surface area contributed by atoms with Crippen molar-refractivity contribution in [3.05, 3.63) is 59.1 Å². The third-order valence-electron chi connectivity index (χ3n) is 3.61. The highest BCUT2D eigenvalue weighted by Gasteiger charge is 2.12. The summed E-state index contributed by atoms with van der Waals surface area (Å²) in [4.78, 5) is 16.8. The Morgan fingerprint density at radius 3 is 2.73 bits per heavy atom. The maximum absolute atomic E-state index is 12.4. The Bertz CT molecular complexity index is 996. The van der Waals surface area contributed by atoms with Crippen LogP contribution in [0.4, 0.5) is 5.69 Å². The highest BCUT2D eigenvalue weighted by atomic mass is 32.2. The number of benzene rings is 2. The zero-order chi connectivity index (χ0) is 18.6. The Morgan fingerprint density at radius 1 is 1.15 bits per heavy atom. The molecule has 136 valence electrons. The van der Waals surface area contributed by atoms with Crippen LogP contribution in [-0.4, -0.2) is 25.1 Å². The maximum atomic E-state index is 12.4. The number of anilines is 1. The largest absolute Gasteiger partial charge is 0.346 e. The van der Waals surface area contributed by atoms with E-state index in [4.69, 9.17) is 0 Å². The van der Waals surface area contributed by atoms with Crippen LogP contribution in [0.3, 0.4) is 0 Å². The molecule has 26 heavy (non-hydrogen) atoms. The van der Waals surface area contributed by atoms with E-state index in [1.807, 2.05) is 24.3 Å². The molecule has 3 rings (SSSR count). The van der Waals surface area contributed by atoms with E-state index in [1.165, 1.54) is 17.4 Å². The van der Waals surface area contributed by atoms with Gasteiger partial charge in [-0.15, -0.1) is 11.3 Å². The lowest BCUT2D eigenvalue weighted by atomic mass is 10.2. The summed E-state index contributed by atoms with van der Waals surface area (Å²) < 4.78 is 27.3. The van der Waals surface area contributed by atoms with E-state index in [0.717, 1.165) is 15.2 Å². The zero-order valence-corrected chi connectivity index (χ0v) is 15.9. The van der Waals surface area contributed by atoms with Crippen LogP contribution in [-0.2, 0) is 16.6 Å². The number of amides is 1. The van der Waals surface area contributed by atoms with Crippen molar-refractivity contribution in [3.63, 3.8) is 0 Å². The summed E-state index contributed by atoms with van der Waals surface area (Å²) in [5.74, 6) is -0.234. The number of aromatic nitrogens is 1. The molecule has 0 aliphatic carbocycles. The number of nitrogens with one attached hydrogen (secondary N) is 2. The van der Waals surface area contributed by atoms with Crippen molar-refractivity contribution < 1.29 is 13.2 Å². The molecule has 0 spiro atoms. The Kier molecular flexibility index (Phi) is 5.53. The van der Waals surface area contributed by atoms with Gasteiger partial charge < -0.3 is 5.32 Å². The minimum absolute atomic E-state index is 0.0427. The predicted octanol–water partition coefficient (Wildman–Crippen LogP) is 3.38.